The second-order valence-electron chi connectivity index (χ2n) is 6.72. The van der Waals surface area contributed by atoms with Crippen molar-refractivity contribution in [3.05, 3.63) is 117 Å². The van der Waals surface area contributed by atoms with Gasteiger partial charge in [-0.2, -0.15) is 15.8 Å². The van der Waals surface area contributed by atoms with E-state index < -0.39 is 0 Å². The van der Waals surface area contributed by atoms with Crippen LogP contribution in [0.15, 0.2) is 84.5 Å². The molecule has 1 aliphatic rings. The first-order chi connectivity index (χ1) is 15.7. The van der Waals surface area contributed by atoms with Gasteiger partial charge >= 0.3 is 0 Å². The van der Waals surface area contributed by atoms with Crippen molar-refractivity contribution in [2.75, 3.05) is 0 Å². The van der Waals surface area contributed by atoms with Crippen LogP contribution in [0, 0.1) is 40.6 Å². The molecule has 0 aliphatic heterocycles. The third kappa shape index (κ3) is 3.53. The zero-order valence-corrected chi connectivity index (χ0v) is 16.6. The molecular weight excluding hydrogens is 396 g/mol. The Morgan fingerprint density at radius 2 is 1.28 bits per heavy atom. The predicted molar refractivity (Wildman–Crippen MR) is 118 cm³/mol. The summed E-state index contributed by atoms with van der Waals surface area (Å²) in [6.07, 6.45) is 6.48. The molecule has 1 fully saturated rings. The average molecular weight is 408 g/mol. The Labute approximate surface area is 184 Å². The number of nitriles is 3. The van der Waals surface area contributed by atoms with E-state index in [0.29, 0.717) is 38.8 Å². The van der Waals surface area contributed by atoms with E-state index in [1.54, 1.807) is 73.3 Å². The van der Waals surface area contributed by atoms with Crippen molar-refractivity contribution in [2.45, 2.75) is 0 Å². The summed E-state index contributed by atoms with van der Waals surface area (Å²) in [5, 5.41) is 29.5. The van der Waals surface area contributed by atoms with Gasteiger partial charge in [0, 0.05) is 30.0 Å². The number of aromatic nitrogens is 2. The maximum absolute atomic E-state index is 9.95. The van der Waals surface area contributed by atoms with Crippen molar-refractivity contribution in [1.82, 2.24) is 9.97 Å². The summed E-state index contributed by atoms with van der Waals surface area (Å²) in [5.41, 5.74) is 4.55. The first-order valence-electron chi connectivity index (χ1n) is 9.46. The highest BCUT2D eigenvalue weighted by Crippen LogP contribution is 2.53. The Bertz CT molecular complexity index is 1470. The molecule has 1 aromatic carbocycles. The Morgan fingerprint density at radius 3 is 1.78 bits per heavy atom. The van der Waals surface area contributed by atoms with E-state index in [9.17, 15) is 5.26 Å². The molecule has 0 amide bonds. The highest BCUT2D eigenvalue weighted by molar-refractivity contribution is 6.20. The van der Waals surface area contributed by atoms with Crippen LogP contribution in [0.2, 0.25) is 0 Å². The molecule has 0 spiro atoms. The van der Waals surface area contributed by atoms with Crippen molar-refractivity contribution in [1.29, 1.82) is 15.8 Å². The molecule has 0 N–H and O–H groups in total. The zero-order chi connectivity index (χ0) is 22.5. The van der Waals surface area contributed by atoms with Crippen LogP contribution in [0.4, 0.5) is 0 Å². The third-order valence-corrected chi connectivity index (χ3v) is 5.01. The molecule has 1 saturated carbocycles. The second kappa shape index (κ2) is 8.60. The van der Waals surface area contributed by atoms with E-state index in [-0.39, 0.29) is 5.57 Å². The molecular formula is C26H12N6. The van der Waals surface area contributed by atoms with Gasteiger partial charge in [0.1, 0.15) is 23.8 Å². The van der Waals surface area contributed by atoms with Gasteiger partial charge in [-0.25, -0.2) is 4.85 Å². The molecule has 3 aromatic rings. The smallest absolute Gasteiger partial charge is 0.202 e. The minimum atomic E-state index is 0.0250. The van der Waals surface area contributed by atoms with Crippen LogP contribution >= 0.6 is 0 Å². The number of hydrogen-bond acceptors (Lipinski definition) is 5. The maximum atomic E-state index is 9.95. The summed E-state index contributed by atoms with van der Waals surface area (Å²) in [6, 6.07) is 20.1. The topological polar surface area (TPSA) is 102 Å². The van der Waals surface area contributed by atoms with Crippen molar-refractivity contribution in [3.8, 4) is 18.2 Å². The SMILES string of the molecule is [C-]#[N+]/C(=C1/C(=c2ccc(=C(C#N)C#N)cc2)/C1=C(\C#N)c1ccncc1)c1ccncc1. The number of pyridine rings is 2. The lowest BCUT2D eigenvalue weighted by molar-refractivity contribution is 1.32. The molecule has 2 heterocycles. The molecule has 2 aromatic heterocycles. The molecule has 0 saturated heterocycles. The van der Waals surface area contributed by atoms with Gasteiger partial charge in [0.25, 0.3) is 0 Å². The fraction of sp³-hybridized carbons (Fsp3) is 0. The molecule has 146 valence electrons. The minimum absolute atomic E-state index is 0.0250. The Kier molecular flexibility index (Phi) is 5.37. The van der Waals surface area contributed by atoms with Crippen molar-refractivity contribution < 1.29 is 0 Å². The van der Waals surface area contributed by atoms with Crippen LogP contribution in [0.25, 0.3) is 27.3 Å². The summed E-state index contributed by atoms with van der Waals surface area (Å²) in [4.78, 5) is 11.8. The molecule has 1 aliphatic carbocycles. The fourth-order valence-corrected chi connectivity index (χ4v) is 3.48. The maximum Gasteiger partial charge on any atom is 0.202 e. The second-order valence-corrected chi connectivity index (χ2v) is 6.72. The predicted octanol–water partition coefficient (Wildman–Crippen LogP) is 3.15. The molecule has 0 bridgehead atoms. The summed E-state index contributed by atoms with van der Waals surface area (Å²) in [6.45, 7) is 7.80. The van der Waals surface area contributed by atoms with Gasteiger partial charge in [0.15, 0.2) is 0 Å². The lowest BCUT2D eigenvalue weighted by atomic mass is 10.1. The lowest BCUT2D eigenvalue weighted by Crippen LogP contribution is -2.09. The lowest BCUT2D eigenvalue weighted by Gasteiger charge is -1.97. The van der Waals surface area contributed by atoms with Crippen LogP contribution in [0.1, 0.15) is 11.1 Å². The molecule has 6 heteroatoms. The van der Waals surface area contributed by atoms with Gasteiger partial charge in [-0.15, -0.1) is 0 Å². The summed E-state index contributed by atoms with van der Waals surface area (Å²) >= 11 is 0. The number of hydrogen-bond donors (Lipinski definition) is 0. The van der Waals surface area contributed by atoms with E-state index in [1.165, 1.54) is 0 Å². The number of allylic oxidation sites excluding steroid dienone is 3. The Balaban J connectivity index is 2.07. The van der Waals surface area contributed by atoms with E-state index in [4.69, 9.17) is 17.1 Å². The minimum Gasteiger partial charge on any atom is -0.265 e. The normalized spacial score (nSPS) is 14.8. The van der Waals surface area contributed by atoms with E-state index >= 15 is 0 Å². The monoisotopic (exact) mass is 408 g/mol. The van der Waals surface area contributed by atoms with Crippen LogP contribution in [0.3, 0.4) is 0 Å². The van der Waals surface area contributed by atoms with E-state index in [1.807, 2.05) is 12.1 Å². The first-order valence-corrected chi connectivity index (χ1v) is 9.46. The van der Waals surface area contributed by atoms with Gasteiger partial charge in [0.05, 0.1) is 12.1 Å². The average Bonchev–Trinajstić information content (AvgIpc) is 3.57. The standard InChI is InChI=1S/C26H12N6/c1-30-26(20-8-12-32-13-9-20)25-23(19-4-2-17(3-5-19)21(14-27)15-28)24(25)22(16-29)18-6-10-31-11-7-18/h2-13H/b24-22-,26-25-. The van der Waals surface area contributed by atoms with E-state index in [2.05, 4.69) is 20.9 Å². The zero-order valence-electron chi connectivity index (χ0n) is 16.6. The molecule has 0 unspecified atom stereocenters. The van der Waals surface area contributed by atoms with Crippen LogP contribution in [-0.2, 0) is 0 Å². The summed E-state index contributed by atoms with van der Waals surface area (Å²) in [5.74, 6) is 0. The van der Waals surface area contributed by atoms with Gasteiger partial charge < -0.3 is 0 Å². The fourth-order valence-electron chi connectivity index (χ4n) is 3.48. The van der Waals surface area contributed by atoms with Crippen LogP contribution in [-0.4, -0.2) is 9.97 Å². The van der Waals surface area contributed by atoms with Crippen LogP contribution < -0.4 is 10.4 Å². The highest BCUT2D eigenvalue weighted by Gasteiger charge is 2.38. The summed E-state index contributed by atoms with van der Waals surface area (Å²) in [7, 11) is 0. The first kappa shape index (κ1) is 20.0. The quantitative estimate of drug-likeness (QED) is 0.479. The molecule has 6 nitrogen and oxygen atoms in total. The number of benzene rings is 1. The van der Waals surface area contributed by atoms with Crippen LogP contribution in [0.5, 0.6) is 0 Å². The van der Waals surface area contributed by atoms with E-state index in [0.717, 1.165) is 10.8 Å². The van der Waals surface area contributed by atoms with Gasteiger partial charge in [-0.05, 0) is 57.3 Å². The molecule has 32 heavy (non-hydrogen) atoms. The summed E-state index contributed by atoms with van der Waals surface area (Å²) < 4.78 is 0. The number of nitrogens with zero attached hydrogens (tertiary/aromatic N) is 6. The van der Waals surface area contributed by atoms with Crippen molar-refractivity contribution in [3.63, 3.8) is 0 Å². The van der Waals surface area contributed by atoms with Crippen molar-refractivity contribution >= 4 is 22.4 Å². The molecule has 0 atom stereocenters. The largest absolute Gasteiger partial charge is 0.265 e. The van der Waals surface area contributed by atoms with Gasteiger partial charge in [-0.3, -0.25) is 9.97 Å². The van der Waals surface area contributed by atoms with Gasteiger partial charge in [0.2, 0.25) is 5.70 Å². The van der Waals surface area contributed by atoms with Crippen molar-refractivity contribution in [2.24, 2.45) is 0 Å². The molecule has 4 rings (SSSR count). The highest BCUT2D eigenvalue weighted by atomic mass is 14.7. The number of rotatable bonds is 2. The Hall–Kier alpha value is -5.30. The third-order valence-electron chi connectivity index (χ3n) is 5.01. The molecule has 0 radical (unpaired) electrons. The van der Waals surface area contributed by atoms with Gasteiger partial charge in [-0.1, -0.05) is 24.3 Å². The Morgan fingerprint density at radius 1 is 0.719 bits per heavy atom.